The average molecular weight is 477 g/mol. The second-order valence-electron chi connectivity index (χ2n) is 8.88. The number of nitro groups is 1. The normalized spacial score (nSPS) is 11.1. The summed E-state index contributed by atoms with van der Waals surface area (Å²) < 4.78 is 6.49. The largest absolute Gasteiger partial charge is 0.489 e. The fraction of sp³-hybridized carbons (Fsp3) is 0.321. The topological polar surface area (TPSA) is 81.5 Å². The zero-order chi connectivity index (χ0) is 25.1. The van der Waals surface area contributed by atoms with Crippen molar-refractivity contribution in [2.75, 3.05) is 25.0 Å². The van der Waals surface area contributed by atoms with Crippen LogP contribution < -0.4 is 10.1 Å². The summed E-state index contributed by atoms with van der Waals surface area (Å²) in [6.45, 7) is 7.35. The van der Waals surface area contributed by atoms with Gasteiger partial charge in [-0.1, -0.05) is 50.2 Å². The summed E-state index contributed by atoms with van der Waals surface area (Å²) in [5, 5.41) is 14.0. The minimum atomic E-state index is -0.394. The molecule has 3 rings (SSSR count). The Morgan fingerprint density at radius 2 is 1.60 bits per heavy atom. The Morgan fingerprint density at radius 3 is 2.23 bits per heavy atom. The summed E-state index contributed by atoms with van der Waals surface area (Å²) in [6.07, 6.45) is 1.87. The third kappa shape index (κ3) is 7.93. The van der Waals surface area contributed by atoms with Crippen molar-refractivity contribution < 1.29 is 18.9 Å². The van der Waals surface area contributed by atoms with Gasteiger partial charge in [-0.05, 0) is 42.7 Å². The van der Waals surface area contributed by atoms with E-state index in [1.54, 1.807) is 12.1 Å². The van der Waals surface area contributed by atoms with Gasteiger partial charge in [-0.2, -0.15) is 0 Å². The summed E-state index contributed by atoms with van der Waals surface area (Å²) in [7, 11) is 0. The smallest absolute Gasteiger partial charge is 0.279 e. The lowest BCUT2D eigenvalue weighted by Gasteiger charge is -2.38. The van der Waals surface area contributed by atoms with E-state index in [0.717, 1.165) is 37.1 Å². The molecular formula is C28H34N3O4+. The highest BCUT2D eigenvalue weighted by molar-refractivity contribution is 5.91. The molecule has 0 atom stereocenters. The molecule has 0 aliphatic rings. The Labute approximate surface area is 207 Å². The highest BCUT2D eigenvalue weighted by atomic mass is 16.6. The number of hydrogen-bond acceptors (Lipinski definition) is 4. The van der Waals surface area contributed by atoms with Crippen LogP contribution in [0.4, 0.5) is 11.4 Å². The fourth-order valence-corrected chi connectivity index (χ4v) is 4.45. The molecule has 0 unspecified atom stereocenters. The predicted molar refractivity (Wildman–Crippen MR) is 138 cm³/mol. The van der Waals surface area contributed by atoms with Gasteiger partial charge >= 0.3 is 0 Å². The molecule has 0 saturated heterocycles. The van der Waals surface area contributed by atoms with Gasteiger partial charge in [0.15, 0.2) is 6.54 Å². The summed E-state index contributed by atoms with van der Waals surface area (Å²) >= 11 is 0. The van der Waals surface area contributed by atoms with Crippen LogP contribution in [0.3, 0.4) is 0 Å². The predicted octanol–water partition coefficient (Wildman–Crippen LogP) is 5.95. The molecule has 1 amide bonds. The van der Waals surface area contributed by atoms with Crippen LogP contribution in [0.15, 0.2) is 78.9 Å². The maximum absolute atomic E-state index is 13.1. The first-order valence-corrected chi connectivity index (χ1v) is 12.1. The van der Waals surface area contributed by atoms with Crippen LogP contribution in [-0.4, -0.2) is 34.9 Å². The van der Waals surface area contributed by atoms with Crippen molar-refractivity contribution in [1.29, 1.82) is 0 Å². The number of nitrogens with one attached hydrogen (secondary N) is 1. The van der Waals surface area contributed by atoms with Crippen molar-refractivity contribution >= 4 is 17.3 Å². The van der Waals surface area contributed by atoms with E-state index in [1.165, 1.54) is 12.1 Å². The molecule has 0 spiro atoms. The molecule has 0 aliphatic heterocycles. The molecule has 0 aromatic heterocycles. The lowest BCUT2D eigenvalue weighted by atomic mass is 10.1. The zero-order valence-electron chi connectivity index (χ0n) is 20.5. The van der Waals surface area contributed by atoms with Crippen LogP contribution in [0.1, 0.15) is 37.8 Å². The van der Waals surface area contributed by atoms with E-state index < -0.39 is 4.92 Å². The maximum atomic E-state index is 13.1. The van der Waals surface area contributed by atoms with E-state index in [4.69, 9.17) is 4.74 Å². The zero-order valence-corrected chi connectivity index (χ0v) is 20.5. The van der Waals surface area contributed by atoms with Crippen molar-refractivity contribution in [2.45, 2.75) is 39.8 Å². The van der Waals surface area contributed by atoms with Gasteiger partial charge in [-0.25, -0.2) is 0 Å². The number of benzene rings is 3. The summed E-state index contributed by atoms with van der Waals surface area (Å²) in [6, 6.07) is 24.0. The maximum Gasteiger partial charge on any atom is 0.279 e. The Hall–Kier alpha value is -3.71. The van der Waals surface area contributed by atoms with E-state index in [-0.39, 0.29) is 11.6 Å². The van der Waals surface area contributed by atoms with E-state index in [0.29, 0.717) is 35.6 Å². The monoisotopic (exact) mass is 476 g/mol. The van der Waals surface area contributed by atoms with Gasteiger partial charge < -0.3 is 14.5 Å². The van der Waals surface area contributed by atoms with E-state index in [1.807, 2.05) is 54.6 Å². The van der Waals surface area contributed by atoms with Crippen molar-refractivity contribution in [3.8, 4) is 5.75 Å². The molecule has 35 heavy (non-hydrogen) atoms. The van der Waals surface area contributed by atoms with Crippen LogP contribution in [-0.2, 0) is 17.9 Å². The van der Waals surface area contributed by atoms with Gasteiger partial charge in [0.2, 0.25) is 0 Å². The Bertz CT molecular complexity index is 1090. The molecule has 0 radical (unpaired) electrons. The van der Waals surface area contributed by atoms with Crippen LogP contribution in [0.5, 0.6) is 5.75 Å². The van der Waals surface area contributed by atoms with Gasteiger partial charge in [0.05, 0.1) is 18.0 Å². The Balaban J connectivity index is 1.68. The fourth-order valence-electron chi connectivity index (χ4n) is 4.45. The molecule has 7 heteroatoms. The number of amides is 1. The molecule has 3 aromatic rings. The van der Waals surface area contributed by atoms with Crippen molar-refractivity contribution in [2.24, 2.45) is 0 Å². The number of carbonyl (C=O) groups is 1. The number of anilines is 1. The number of nitrogens with zero attached hydrogens (tertiary/aromatic N) is 2. The van der Waals surface area contributed by atoms with Crippen molar-refractivity contribution in [3.05, 3.63) is 100 Å². The van der Waals surface area contributed by atoms with Crippen LogP contribution in [0.25, 0.3) is 0 Å². The molecule has 3 aromatic carbocycles. The number of rotatable bonds is 13. The van der Waals surface area contributed by atoms with Crippen LogP contribution in [0, 0.1) is 10.1 Å². The number of quaternary nitrogens is 1. The second kappa shape index (κ2) is 12.7. The minimum absolute atomic E-state index is 0.0611. The first-order chi connectivity index (χ1) is 16.9. The minimum Gasteiger partial charge on any atom is -0.489 e. The van der Waals surface area contributed by atoms with Crippen molar-refractivity contribution in [1.82, 2.24) is 0 Å². The Kier molecular flexibility index (Phi) is 9.38. The van der Waals surface area contributed by atoms with Crippen molar-refractivity contribution in [3.63, 3.8) is 0 Å². The van der Waals surface area contributed by atoms with Gasteiger partial charge in [0.25, 0.3) is 11.6 Å². The molecular weight excluding hydrogens is 442 g/mol. The Morgan fingerprint density at radius 1 is 0.914 bits per heavy atom. The van der Waals surface area contributed by atoms with Crippen LogP contribution >= 0.6 is 0 Å². The molecule has 0 saturated carbocycles. The first kappa shape index (κ1) is 25.9. The standard InChI is InChI=1S/C28H33N3O4/c1-3-17-31(18-4-2,20-23-13-15-26(16-14-23)30(33)34)21-28(32)29-25-11-8-12-27(19-25)35-22-24-9-6-5-7-10-24/h5-16,19H,3-4,17-18,20-22H2,1-2H3/p+1. The van der Waals surface area contributed by atoms with Gasteiger partial charge in [0, 0.05) is 29.4 Å². The lowest BCUT2D eigenvalue weighted by molar-refractivity contribution is -0.933. The number of ether oxygens (including phenoxy) is 1. The highest BCUT2D eigenvalue weighted by Gasteiger charge is 2.29. The number of non-ortho nitro benzene ring substituents is 1. The quantitative estimate of drug-likeness (QED) is 0.188. The van der Waals surface area contributed by atoms with E-state index in [9.17, 15) is 14.9 Å². The lowest BCUT2D eigenvalue weighted by Crippen LogP contribution is -2.52. The highest BCUT2D eigenvalue weighted by Crippen LogP contribution is 2.22. The number of nitro benzene ring substituents is 1. The number of hydrogen-bond donors (Lipinski definition) is 1. The summed E-state index contributed by atoms with van der Waals surface area (Å²) in [5.41, 5.74) is 2.84. The molecule has 0 fully saturated rings. The van der Waals surface area contributed by atoms with Crippen LogP contribution in [0.2, 0.25) is 0 Å². The average Bonchev–Trinajstić information content (AvgIpc) is 2.84. The van der Waals surface area contributed by atoms with E-state index in [2.05, 4.69) is 19.2 Å². The van der Waals surface area contributed by atoms with Gasteiger partial charge in [0.1, 0.15) is 18.9 Å². The molecule has 7 nitrogen and oxygen atoms in total. The summed E-state index contributed by atoms with van der Waals surface area (Å²) in [4.78, 5) is 23.7. The molecule has 1 N–H and O–H groups in total. The second-order valence-corrected chi connectivity index (χ2v) is 8.88. The van der Waals surface area contributed by atoms with Gasteiger partial charge in [-0.3, -0.25) is 14.9 Å². The molecule has 0 aliphatic carbocycles. The molecule has 0 bridgehead atoms. The van der Waals surface area contributed by atoms with Gasteiger partial charge in [-0.15, -0.1) is 0 Å². The van der Waals surface area contributed by atoms with E-state index >= 15 is 0 Å². The third-order valence-electron chi connectivity index (χ3n) is 5.91. The molecule has 0 heterocycles. The number of carbonyl (C=O) groups excluding carboxylic acids is 1. The third-order valence-corrected chi connectivity index (χ3v) is 5.91. The summed E-state index contributed by atoms with van der Waals surface area (Å²) in [5.74, 6) is 0.634. The SMILES string of the molecule is CCC[N+](CCC)(CC(=O)Nc1cccc(OCc2ccccc2)c1)Cc1ccc([N+](=O)[O-])cc1. The molecule has 184 valence electrons. The first-order valence-electron chi connectivity index (χ1n) is 12.1.